The quantitative estimate of drug-likeness (QED) is 0.194. The van der Waals surface area contributed by atoms with Crippen LogP contribution in [-0.4, -0.2) is 135 Å². The Bertz CT molecular complexity index is 1260. The smallest absolute Gasteiger partial charge is 0.187 e. The minimum Gasteiger partial charge on any atom is -0.394 e. The molecule has 4 saturated carbocycles. The molecule has 13 heteroatoms. The molecule has 0 aromatic rings. The Kier molecular flexibility index (Phi) is 10.4. The zero-order valence-electron chi connectivity index (χ0n) is 31.2. The van der Waals surface area contributed by atoms with Crippen molar-refractivity contribution >= 4 is 0 Å². The average molecular weight is 741 g/mol. The first kappa shape index (κ1) is 38.4. The van der Waals surface area contributed by atoms with Crippen molar-refractivity contribution in [1.82, 2.24) is 0 Å². The van der Waals surface area contributed by atoms with Crippen LogP contribution >= 0.6 is 0 Å². The number of rotatable bonds is 6. The second-order valence-electron chi connectivity index (χ2n) is 18.7. The highest BCUT2D eigenvalue weighted by atomic mass is 16.8. The van der Waals surface area contributed by atoms with Crippen molar-refractivity contribution in [2.45, 2.75) is 171 Å². The summed E-state index contributed by atoms with van der Waals surface area (Å²) in [5.41, 5.74) is 0.425. The summed E-state index contributed by atoms with van der Waals surface area (Å²) in [6, 6.07) is 0. The van der Waals surface area contributed by atoms with E-state index in [0.29, 0.717) is 41.4 Å². The second-order valence-corrected chi connectivity index (χ2v) is 18.7. The predicted molar refractivity (Wildman–Crippen MR) is 183 cm³/mol. The highest BCUT2D eigenvalue weighted by molar-refractivity contribution is 5.15. The highest BCUT2D eigenvalue weighted by Gasteiger charge is 2.69. The van der Waals surface area contributed by atoms with E-state index in [1.807, 2.05) is 0 Å². The van der Waals surface area contributed by atoms with Gasteiger partial charge in [-0.15, -0.1) is 0 Å². The monoisotopic (exact) mass is 740 g/mol. The summed E-state index contributed by atoms with van der Waals surface area (Å²) in [6.07, 6.45) is -3.88. The van der Waals surface area contributed by atoms with Crippen LogP contribution in [0.5, 0.6) is 0 Å². The predicted octanol–water partition coefficient (Wildman–Crippen LogP) is 1.44. The van der Waals surface area contributed by atoms with E-state index in [1.54, 1.807) is 0 Å². The van der Waals surface area contributed by atoms with E-state index < -0.39 is 80.4 Å². The summed E-state index contributed by atoms with van der Waals surface area (Å²) >= 11 is 0. The van der Waals surface area contributed by atoms with Crippen molar-refractivity contribution in [3.63, 3.8) is 0 Å². The summed E-state index contributed by atoms with van der Waals surface area (Å²) in [4.78, 5) is 0. The molecular weight excluding hydrogens is 676 g/mol. The molecule has 4 aliphatic heterocycles. The standard InChI is InChI=1S/C39H64O13/c1-18-7-12-39(47-17-18)19(2)28-25(52-39)14-24-22-6-5-20-13-21(8-10-37(20,3)23(22)9-11-38(24,28)4)48-36-34(32(45)30(43)27(16-41)50-36)51-35-33(46)31(44)29(42)26(15-40)49-35/h18-36,40-46H,5-17H2,1-4H3/t18-,19+,20-,21+,22?,23?,24?,25+,26-,27-,28?,29-,30+,31+,32+,33-,34-,35+,36-,37+,38+,39-/m1/s1. The summed E-state index contributed by atoms with van der Waals surface area (Å²) in [5, 5.41) is 72.7. The lowest BCUT2D eigenvalue weighted by atomic mass is 9.44. The van der Waals surface area contributed by atoms with Gasteiger partial charge in [-0.1, -0.05) is 27.7 Å². The van der Waals surface area contributed by atoms with Gasteiger partial charge in [0.2, 0.25) is 0 Å². The van der Waals surface area contributed by atoms with Gasteiger partial charge in [0.15, 0.2) is 18.4 Å². The molecule has 0 bridgehead atoms. The van der Waals surface area contributed by atoms with Gasteiger partial charge in [0, 0.05) is 12.3 Å². The molecule has 4 aliphatic carbocycles. The zero-order valence-corrected chi connectivity index (χ0v) is 31.2. The number of aliphatic hydroxyl groups excluding tert-OH is 7. The van der Waals surface area contributed by atoms with Crippen LogP contribution in [0.15, 0.2) is 0 Å². The zero-order chi connectivity index (χ0) is 36.9. The largest absolute Gasteiger partial charge is 0.394 e. The Morgan fingerprint density at radius 3 is 2.06 bits per heavy atom. The normalized spacial score (nSPS) is 59.0. The van der Waals surface area contributed by atoms with Crippen LogP contribution in [0.4, 0.5) is 0 Å². The van der Waals surface area contributed by atoms with Crippen molar-refractivity contribution in [1.29, 1.82) is 0 Å². The minimum absolute atomic E-state index is 0.168. The van der Waals surface area contributed by atoms with Crippen LogP contribution in [0.2, 0.25) is 0 Å². The third kappa shape index (κ3) is 5.98. The Hall–Kier alpha value is -0.520. The number of fused-ring (bicyclic) bond motifs is 7. The molecular formula is C39H64O13. The molecule has 8 rings (SSSR count). The lowest BCUT2D eigenvalue weighted by molar-refractivity contribution is -0.373. The molecule has 0 radical (unpaired) electrons. The minimum atomic E-state index is -1.71. The molecule has 52 heavy (non-hydrogen) atoms. The average Bonchev–Trinajstić information content (AvgIpc) is 3.58. The maximum Gasteiger partial charge on any atom is 0.187 e. The molecule has 22 atom stereocenters. The number of hydrogen-bond donors (Lipinski definition) is 7. The third-order valence-corrected chi connectivity index (χ3v) is 16.2. The van der Waals surface area contributed by atoms with E-state index in [9.17, 15) is 35.7 Å². The molecule has 4 unspecified atom stereocenters. The fourth-order valence-corrected chi connectivity index (χ4v) is 13.2. The van der Waals surface area contributed by atoms with Gasteiger partial charge < -0.3 is 64.2 Å². The van der Waals surface area contributed by atoms with Gasteiger partial charge in [0.25, 0.3) is 0 Å². The van der Waals surface area contributed by atoms with Crippen LogP contribution in [0, 0.1) is 52.3 Å². The van der Waals surface area contributed by atoms with E-state index in [-0.39, 0.29) is 23.0 Å². The molecule has 1 spiro atoms. The van der Waals surface area contributed by atoms with Crippen molar-refractivity contribution in [3.8, 4) is 0 Å². The second kappa shape index (κ2) is 14.1. The van der Waals surface area contributed by atoms with Gasteiger partial charge in [0.05, 0.1) is 32.0 Å². The summed E-state index contributed by atoms with van der Waals surface area (Å²) in [5.74, 6) is 3.51. The molecule has 8 aliphatic rings. The Morgan fingerprint density at radius 1 is 0.673 bits per heavy atom. The molecule has 0 aromatic carbocycles. The summed E-state index contributed by atoms with van der Waals surface area (Å²) in [6.45, 7) is 9.33. The maximum absolute atomic E-state index is 11.1. The summed E-state index contributed by atoms with van der Waals surface area (Å²) in [7, 11) is 0. The molecule has 8 fully saturated rings. The van der Waals surface area contributed by atoms with Crippen LogP contribution in [0.3, 0.4) is 0 Å². The lowest BCUT2D eigenvalue weighted by Gasteiger charge is -2.61. The van der Waals surface area contributed by atoms with E-state index in [1.165, 1.54) is 25.7 Å². The van der Waals surface area contributed by atoms with E-state index in [2.05, 4.69) is 27.7 Å². The molecule has 4 heterocycles. The van der Waals surface area contributed by atoms with E-state index in [4.69, 9.17) is 28.4 Å². The Labute approximate surface area is 307 Å². The van der Waals surface area contributed by atoms with Gasteiger partial charge in [-0.3, -0.25) is 0 Å². The van der Waals surface area contributed by atoms with Gasteiger partial charge in [-0.25, -0.2) is 0 Å². The molecule has 7 N–H and O–H groups in total. The van der Waals surface area contributed by atoms with Gasteiger partial charge in [0.1, 0.15) is 48.8 Å². The van der Waals surface area contributed by atoms with Crippen molar-refractivity contribution < 1.29 is 64.2 Å². The van der Waals surface area contributed by atoms with E-state index in [0.717, 1.165) is 45.1 Å². The van der Waals surface area contributed by atoms with E-state index >= 15 is 0 Å². The number of hydrogen-bond acceptors (Lipinski definition) is 13. The molecule has 4 saturated heterocycles. The first-order valence-electron chi connectivity index (χ1n) is 20.3. The number of ether oxygens (including phenoxy) is 6. The highest BCUT2D eigenvalue weighted by Crippen LogP contribution is 2.71. The van der Waals surface area contributed by atoms with Crippen LogP contribution in [0.25, 0.3) is 0 Å². The van der Waals surface area contributed by atoms with Crippen molar-refractivity contribution in [3.05, 3.63) is 0 Å². The van der Waals surface area contributed by atoms with Gasteiger partial charge >= 0.3 is 0 Å². The van der Waals surface area contributed by atoms with Crippen LogP contribution in [-0.2, 0) is 28.4 Å². The van der Waals surface area contributed by atoms with Crippen LogP contribution < -0.4 is 0 Å². The fourth-order valence-electron chi connectivity index (χ4n) is 13.2. The molecule has 0 aromatic heterocycles. The molecule has 13 nitrogen and oxygen atoms in total. The topological polar surface area (TPSA) is 197 Å². The lowest BCUT2D eigenvalue weighted by Crippen LogP contribution is -2.65. The van der Waals surface area contributed by atoms with Gasteiger partial charge in [-0.05, 0) is 104 Å². The van der Waals surface area contributed by atoms with Crippen molar-refractivity contribution in [2.75, 3.05) is 19.8 Å². The van der Waals surface area contributed by atoms with Crippen molar-refractivity contribution in [2.24, 2.45) is 52.3 Å². The summed E-state index contributed by atoms with van der Waals surface area (Å²) < 4.78 is 37.5. The first-order chi connectivity index (χ1) is 24.7. The SMILES string of the molecule is C[C@@H]1CC[C@@]2(OC1)O[C@H]1CC3C4CC[C@@H]5C[C@@H](O[C@@H]6O[C@H](CO)[C@H](O)[C@H](O)[C@H]6O[C@@H]6O[C@H](CO)[C@@H](O)[C@H](O)[C@H]6O)CC[C@]5(C)C4CC[C@]3(C)C1[C@@H]2C. The third-order valence-electron chi connectivity index (χ3n) is 16.2. The maximum atomic E-state index is 11.1. The Morgan fingerprint density at radius 2 is 1.37 bits per heavy atom. The Balaban J connectivity index is 0.942. The molecule has 298 valence electrons. The first-order valence-corrected chi connectivity index (χ1v) is 20.3. The molecule has 0 amide bonds. The van der Waals surface area contributed by atoms with Crippen LogP contribution in [0.1, 0.15) is 91.9 Å². The van der Waals surface area contributed by atoms with Gasteiger partial charge in [-0.2, -0.15) is 0 Å². The number of aliphatic hydroxyl groups is 7. The fraction of sp³-hybridized carbons (Fsp3) is 1.00.